The molecule has 2 aliphatic rings. The van der Waals surface area contributed by atoms with Gasteiger partial charge in [0, 0.05) is 26.1 Å². The molecule has 0 aromatic heterocycles. The van der Waals surface area contributed by atoms with Gasteiger partial charge in [-0.2, -0.15) is 0 Å². The number of fused-ring (bicyclic) bond motifs is 1. The zero-order valence-corrected chi connectivity index (χ0v) is 18.0. The number of hydrogen-bond acceptors (Lipinski definition) is 4. The Bertz CT molecular complexity index is 913. The number of amides is 1. The smallest absolute Gasteiger partial charge is 0.222 e. The first-order valence-electron chi connectivity index (χ1n) is 11.0. The summed E-state index contributed by atoms with van der Waals surface area (Å²) in [5, 5.41) is 6.62. The second-order valence-electron chi connectivity index (χ2n) is 7.81. The lowest BCUT2D eigenvalue weighted by atomic mass is 10.1. The van der Waals surface area contributed by atoms with Crippen molar-refractivity contribution in [2.24, 2.45) is 4.99 Å². The molecule has 1 amide bonds. The highest BCUT2D eigenvalue weighted by molar-refractivity contribution is 5.79. The van der Waals surface area contributed by atoms with E-state index in [1.807, 2.05) is 36.1 Å². The Labute approximate surface area is 183 Å². The molecule has 4 rings (SSSR count). The predicted molar refractivity (Wildman–Crippen MR) is 120 cm³/mol. The number of likely N-dealkylation sites (tertiary alicyclic amines) is 1. The fraction of sp³-hybridized carbons (Fsp3) is 0.417. The Morgan fingerprint density at radius 3 is 2.61 bits per heavy atom. The summed E-state index contributed by atoms with van der Waals surface area (Å²) in [7, 11) is 0. The molecule has 0 bridgehead atoms. The molecule has 0 spiro atoms. The molecule has 164 valence electrons. The average Bonchev–Trinajstić information content (AvgIpc) is 3.20. The first kappa shape index (κ1) is 21.0. The van der Waals surface area contributed by atoms with Gasteiger partial charge < -0.3 is 25.0 Å². The first-order valence-corrected chi connectivity index (χ1v) is 11.0. The maximum atomic E-state index is 11.8. The summed E-state index contributed by atoms with van der Waals surface area (Å²) in [6.07, 6.45) is 1.57. The monoisotopic (exact) mass is 422 g/mol. The van der Waals surface area contributed by atoms with Crippen LogP contribution in [0.5, 0.6) is 11.5 Å². The number of hydrogen-bond donors (Lipinski definition) is 2. The van der Waals surface area contributed by atoms with Gasteiger partial charge in [0.05, 0.1) is 13.1 Å². The van der Waals surface area contributed by atoms with Crippen LogP contribution in [-0.4, -0.2) is 49.1 Å². The summed E-state index contributed by atoms with van der Waals surface area (Å²) in [6.45, 7) is 6.06. The molecule has 1 unspecified atom stereocenters. The summed E-state index contributed by atoms with van der Waals surface area (Å²) < 4.78 is 11.8. The topological polar surface area (TPSA) is 75.2 Å². The fourth-order valence-corrected chi connectivity index (χ4v) is 3.73. The van der Waals surface area contributed by atoms with Crippen LogP contribution in [0, 0.1) is 0 Å². The lowest BCUT2D eigenvalue weighted by Crippen LogP contribution is -2.45. The maximum absolute atomic E-state index is 11.8. The third kappa shape index (κ3) is 5.69. The van der Waals surface area contributed by atoms with Gasteiger partial charge in [0.2, 0.25) is 5.91 Å². The van der Waals surface area contributed by atoms with Crippen molar-refractivity contribution in [3.8, 4) is 11.5 Å². The standard InChI is InChI=1S/C24H30N4O3/c1-2-25-24(27-15-20-17-30-21-6-3-4-7-22(21)31-20)26-14-18-9-11-19(12-10-18)16-28-13-5-8-23(28)29/h3-4,6-7,9-12,20H,2,5,8,13-17H2,1H3,(H2,25,26,27). The number of nitrogens with zero attached hydrogens (tertiary/aromatic N) is 2. The average molecular weight is 423 g/mol. The van der Waals surface area contributed by atoms with Crippen molar-refractivity contribution in [3.63, 3.8) is 0 Å². The van der Waals surface area contributed by atoms with E-state index in [1.54, 1.807) is 0 Å². The molecule has 0 aliphatic carbocycles. The quantitative estimate of drug-likeness (QED) is 0.530. The summed E-state index contributed by atoms with van der Waals surface area (Å²) in [4.78, 5) is 18.4. The van der Waals surface area contributed by atoms with Gasteiger partial charge in [-0.05, 0) is 36.6 Å². The third-order valence-corrected chi connectivity index (χ3v) is 5.40. The molecule has 1 saturated heterocycles. The Hall–Kier alpha value is -3.22. The van der Waals surface area contributed by atoms with Crippen LogP contribution in [0.4, 0.5) is 0 Å². The number of benzene rings is 2. The molecule has 0 saturated carbocycles. The highest BCUT2D eigenvalue weighted by Gasteiger charge is 2.21. The molecular weight excluding hydrogens is 392 g/mol. The minimum absolute atomic E-state index is 0.0775. The van der Waals surface area contributed by atoms with Gasteiger partial charge >= 0.3 is 0 Å². The van der Waals surface area contributed by atoms with Gasteiger partial charge in [-0.3, -0.25) is 4.79 Å². The normalized spacial score (nSPS) is 18.2. The van der Waals surface area contributed by atoms with E-state index < -0.39 is 0 Å². The summed E-state index contributed by atoms with van der Waals surface area (Å²) in [5.74, 6) is 2.57. The number of ether oxygens (including phenoxy) is 2. The lowest BCUT2D eigenvalue weighted by molar-refractivity contribution is -0.128. The maximum Gasteiger partial charge on any atom is 0.222 e. The Morgan fingerprint density at radius 2 is 1.87 bits per heavy atom. The van der Waals surface area contributed by atoms with Crippen LogP contribution >= 0.6 is 0 Å². The Morgan fingerprint density at radius 1 is 1.10 bits per heavy atom. The van der Waals surface area contributed by atoms with Crippen LogP contribution in [0.15, 0.2) is 53.5 Å². The molecule has 2 heterocycles. The van der Waals surface area contributed by atoms with E-state index in [4.69, 9.17) is 14.5 Å². The minimum atomic E-state index is -0.0775. The molecular formula is C24H30N4O3. The molecule has 1 fully saturated rings. The Balaban J connectivity index is 1.29. The van der Waals surface area contributed by atoms with Crippen molar-refractivity contribution in [2.45, 2.75) is 39.0 Å². The van der Waals surface area contributed by atoms with E-state index in [-0.39, 0.29) is 12.0 Å². The van der Waals surface area contributed by atoms with Gasteiger partial charge in [0.1, 0.15) is 12.7 Å². The molecule has 2 aromatic rings. The molecule has 1 atom stereocenters. The van der Waals surface area contributed by atoms with Crippen LogP contribution in [-0.2, 0) is 17.9 Å². The predicted octanol–water partition coefficient (Wildman–Crippen LogP) is 2.70. The number of aliphatic imine (C=N–C) groups is 1. The lowest BCUT2D eigenvalue weighted by Gasteiger charge is -2.27. The second kappa shape index (κ2) is 10.2. The van der Waals surface area contributed by atoms with Gasteiger partial charge in [-0.1, -0.05) is 36.4 Å². The zero-order chi connectivity index (χ0) is 21.5. The van der Waals surface area contributed by atoms with Crippen molar-refractivity contribution in [1.29, 1.82) is 0 Å². The fourth-order valence-electron chi connectivity index (χ4n) is 3.73. The van der Waals surface area contributed by atoms with E-state index >= 15 is 0 Å². The van der Waals surface area contributed by atoms with E-state index in [2.05, 4.69) is 34.9 Å². The van der Waals surface area contributed by atoms with Crippen molar-refractivity contribution in [2.75, 3.05) is 26.2 Å². The van der Waals surface area contributed by atoms with Crippen molar-refractivity contribution < 1.29 is 14.3 Å². The SMILES string of the molecule is CCNC(=NCc1ccc(CN2CCCC2=O)cc1)NCC1COc2ccccc2O1. The van der Waals surface area contributed by atoms with Crippen LogP contribution in [0.3, 0.4) is 0 Å². The number of carbonyl (C=O) groups excluding carboxylic acids is 1. The first-order chi connectivity index (χ1) is 15.2. The van der Waals surface area contributed by atoms with E-state index in [0.717, 1.165) is 48.1 Å². The number of para-hydroxylation sites is 2. The van der Waals surface area contributed by atoms with Crippen LogP contribution in [0.25, 0.3) is 0 Å². The third-order valence-electron chi connectivity index (χ3n) is 5.40. The molecule has 31 heavy (non-hydrogen) atoms. The molecule has 2 aliphatic heterocycles. The van der Waals surface area contributed by atoms with Gasteiger partial charge in [0.25, 0.3) is 0 Å². The molecule has 7 nitrogen and oxygen atoms in total. The molecule has 2 N–H and O–H groups in total. The second-order valence-corrected chi connectivity index (χ2v) is 7.81. The number of carbonyl (C=O) groups is 1. The Kier molecular flexibility index (Phi) is 6.92. The molecule has 2 aromatic carbocycles. The van der Waals surface area contributed by atoms with E-state index in [1.165, 1.54) is 0 Å². The highest BCUT2D eigenvalue weighted by Crippen LogP contribution is 2.30. The van der Waals surface area contributed by atoms with Gasteiger partial charge in [-0.25, -0.2) is 4.99 Å². The summed E-state index contributed by atoms with van der Waals surface area (Å²) >= 11 is 0. The largest absolute Gasteiger partial charge is 0.486 e. The van der Waals surface area contributed by atoms with E-state index in [9.17, 15) is 4.79 Å². The zero-order valence-electron chi connectivity index (χ0n) is 18.0. The van der Waals surface area contributed by atoms with Crippen LogP contribution in [0.1, 0.15) is 30.9 Å². The van der Waals surface area contributed by atoms with Crippen LogP contribution < -0.4 is 20.1 Å². The van der Waals surface area contributed by atoms with Crippen molar-refractivity contribution in [1.82, 2.24) is 15.5 Å². The molecule has 7 heteroatoms. The van der Waals surface area contributed by atoms with Crippen molar-refractivity contribution in [3.05, 3.63) is 59.7 Å². The molecule has 0 radical (unpaired) electrons. The van der Waals surface area contributed by atoms with Gasteiger partial charge in [0.15, 0.2) is 17.5 Å². The number of nitrogens with one attached hydrogen (secondary N) is 2. The van der Waals surface area contributed by atoms with Gasteiger partial charge in [-0.15, -0.1) is 0 Å². The summed E-state index contributed by atoms with van der Waals surface area (Å²) in [5.41, 5.74) is 2.28. The van der Waals surface area contributed by atoms with E-state index in [0.29, 0.717) is 32.7 Å². The number of rotatable bonds is 7. The summed E-state index contributed by atoms with van der Waals surface area (Å²) in [6, 6.07) is 16.1. The minimum Gasteiger partial charge on any atom is -0.486 e. The number of guanidine groups is 1. The van der Waals surface area contributed by atoms with Crippen molar-refractivity contribution >= 4 is 11.9 Å². The van der Waals surface area contributed by atoms with Crippen LogP contribution in [0.2, 0.25) is 0 Å². The highest BCUT2D eigenvalue weighted by atomic mass is 16.6.